The average molecular weight is 317 g/mol. The third-order valence-corrected chi connectivity index (χ3v) is 4.76. The van der Waals surface area contributed by atoms with Crippen LogP contribution in [0.5, 0.6) is 5.75 Å². The predicted molar refractivity (Wildman–Crippen MR) is 95.3 cm³/mol. The number of hydrogen-bond acceptors (Lipinski definition) is 2. The maximum absolute atomic E-state index is 12.8. The fourth-order valence-corrected chi connectivity index (χ4v) is 3.35. The minimum atomic E-state index is -0.265. The summed E-state index contributed by atoms with van der Waals surface area (Å²) in [4.78, 5) is 12.8. The summed E-state index contributed by atoms with van der Waals surface area (Å²) in [5.74, 6) is 0.515. The second-order valence-corrected chi connectivity index (χ2v) is 6.26. The largest absolute Gasteiger partial charge is 0.496 e. The summed E-state index contributed by atoms with van der Waals surface area (Å²) in [6.07, 6.45) is 1.92. The number of benzene rings is 3. The lowest BCUT2D eigenvalue weighted by molar-refractivity contribution is 0.0928. The van der Waals surface area contributed by atoms with Crippen LogP contribution in [-0.2, 0) is 5.54 Å². The summed E-state index contributed by atoms with van der Waals surface area (Å²) in [5.41, 5.74) is 1.51. The molecule has 0 aromatic heterocycles. The molecule has 3 nitrogen and oxygen atoms in total. The molecule has 4 rings (SSSR count). The summed E-state index contributed by atoms with van der Waals surface area (Å²) in [6.45, 7) is 0. The SMILES string of the molecule is COc1ccccc1C(=O)NC1(c2cccc3ccccc23)CC1. The molecular formula is C21H19NO2. The van der Waals surface area contributed by atoms with Crippen LogP contribution in [0.1, 0.15) is 28.8 Å². The highest BCUT2D eigenvalue weighted by Crippen LogP contribution is 2.48. The molecule has 1 fully saturated rings. The maximum atomic E-state index is 12.8. The van der Waals surface area contributed by atoms with Gasteiger partial charge in [-0.2, -0.15) is 0 Å². The van der Waals surface area contributed by atoms with Crippen LogP contribution in [-0.4, -0.2) is 13.0 Å². The lowest BCUT2D eigenvalue weighted by atomic mass is 9.96. The van der Waals surface area contributed by atoms with Crippen LogP contribution in [0.4, 0.5) is 0 Å². The molecule has 0 unspecified atom stereocenters. The highest BCUT2D eigenvalue weighted by atomic mass is 16.5. The fourth-order valence-electron chi connectivity index (χ4n) is 3.35. The highest BCUT2D eigenvalue weighted by molar-refractivity contribution is 5.98. The number of fused-ring (bicyclic) bond motifs is 1. The van der Waals surface area contributed by atoms with Gasteiger partial charge in [0, 0.05) is 0 Å². The van der Waals surface area contributed by atoms with Crippen LogP contribution in [0.25, 0.3) is 10.8 Å². The molecule has 120 valence electrons. The van der Waals surface area contributed by atoms with E-state index in [1.165, 1.54) is 16.3 Å². The molecule has 1 saturated carbocycles. The first-order valence-electron chi connectivity index (χ1n) is 8.17. The van der Waals surface area contributed by atoms with Gasteiger partial charge in [0.25, 0.3) is 5.91 Å². The predicted octanol–water partition coefficient (Wildman–Crippen LogP) is 4.27. The van der Waals surface area contributed by atoms with Crippen LogP contribution in [0.3, 0.4) is 0 Å². The van der Waals surface area contributed by atoms with Gasteiger partial charge in [-0.25, -0.2) is 0 Å². The van der Waals surface area contributed by atoms with E-state index >= 15 is 0 Å². The normalized spacial score (nSPS) is 15.0. The summed E-state index contributed by atoms with van der Waals surface area (Å²) in [7, 11) is 1.59. The Morgan fingerprint density at radius 2 is 1.67 bits per heavy atom. The minimum absolute atomic E-state index is 0.0853. The molecule has 1 N–H and O–H groups in total. The summed E-state index contributed by atoms with van der Waals surface area (Å²) < 4.78 is 5.32. The van der Waals surface area contributed by atoms with Crippen molar-refractivity contribution in [2.24, 2.45) is 0 Å². The molecule has 24 heavy (non-hydrogen) atoms. The molecule has 1 aliphatic rings. The van der Waals surface area contributed by atoms with E-state index in [9.17, 15) is 4.79 Å². The number of carbonyl (C=O) groups excluding carboxylic acids is 1. The third kappa shape index (κ3) is 2.42. The number of nitrogens with one attached hydrogen (secondary N) is 1. The molecule has 3 aromatic carbocycles. The Hall–Kier alpha value is -2.81. The standard InChI is InChI=1S/C21H19NO2/c1-24-19-12-5-4-10-17(19)20(23)22-21(13-14-21)18-11-6-8-15-7-2-3-9-16(15)18/h2-12H,13-14H2,1H3,(H,22,23). The molecule has 1 aliphatic carbocycles. The Morgan fingerprint density at radius 3 is 2.46 bits per heavy atom. The zero-order chi connectivity index (χ0) is 16.6. The number of para-hydroxylation sites is 1. The van der Waals surface area contributed by atoms with Crippen LogP contribution >= 0.6 is 0 Å². The van der Waals surface area contributed by atoms with E-state index in [0.29, 0.717) is 11.3 Å². The molecule has 3 heteroatoms. The third-order valence-electron chi connectivity index (χ3n) is 4.76. The van der Waals surface area contributed by atoms with Gasteiger partial charge in [0.1, 0.15) is 5.75 Å². The smallest absolute Gasteiger partial charge is 0.255 e. The van der Waals surface area contributed by atoms with E-state index in [-0.39, 0.29) is 11.4 Å². The van der Waals surface area contributed by atoms with Gasteiger partial charge in [0.15, 0.2) is 0 Å². The topological polar surface area (TPSA) is 38.3 Å². The molecule has 0 saturated heterocycles. The van der Waals surface area contributed by atoms with Crippen molar-refractivity contribution in [3.8, 4) is 5.75 Å². The van der Waals surface area contributed by atoms with E-state index in [1.54, 1.807) is 13.2 Å². The Morgan fingerprint density at radius 1 is 0.958 bits per heavy atom. The van der Waals surface area contributed by atoms with Crippen molar-refractivity contribution in [1.29, 1.82) is 0 Å². The van der Waals surface area contributed by atoms with Crippen molar-refractivity contribution in [3.63, 3.8) is 0 Å². The van der Waals surface area contributed by atoms with Gasteiger partial charge in [-0.1, -0.05) is 54.6 Å². The van der Waals surface area contributed by atoms with Gasteiger partial charge in [-0.15, -0.1) is 0 Å². The van der Waals surface area contributed by atoms with Crippen molar-refractivity contribution < 1.29 is 9.53 Å². The van der Waals surface area contributed by atoms with Crippen molar-refractivity contribution in [3.05, 3.63) is 77.9 Å². The second kappa shape index (κ2) is 5.68. The lowest BCUT2D eigenvalue weighted by Gasteiger charge is -2.21. The summed E-state index contributed by atoms with van der Waals surface area (Å²) in [6, 6.07) is 21.9. The number of hydrogen-bond donors (Lipinski definition) is 1. The van der Waals surface area contributed by atoms with Crippen molar-refractivity contribution >= 4 is 16.7 Å². The van der Waals surface area contributed by atoms with Crippen LogP contribution in [0.15, 0.2) is 66.7 Å². The van der Waals surface area contributed by atoms with E-state index in [0.717, 1.165) is 12.8 Å². The first-order chi connectivity index (χ1) is 11.7. The van der Waals surface area contributed by atoms with Gasteiger partial charge in [0.05, 0.1) is 18.2 Å². The van der Waals surface area contributed by atoms with E-state index in [2.05, 4.69) is 35.6 Å². The molecule has 0 atom stereocenters. The number of methoxy groups -OCH3 is 1. The molecule has 0 aliphatic heterocycles. The molecule has 3 aromatic rings. The van der Waals surface area contributed by atoms with E-state index in [4.69, 9.17) is 4.74 Å². The molecule has 0 bridgehead atoms. The van der Waals surface area contributed by atoms with E-state index < -0.39 is 0 Å². The fraction of sp³-hybridized carbons (Fsp3) is 0.190. The first kappa shape index (κ1) is 14.8. The van der Waals surface area contributed by atoms with Crippen molar-refractivity contribution in [2.45, 2.75) is 18.4 Å². The van der Waals surface area contributed by atoms with Crippen LogP contribution in [0.2, 0.25) is 0 Å². The molecule has 1 amide bonds. The van der Waals surface area contributed by atoms with Gasteiger partial charge >= 0.3 is 0 Å². The van der Waals surface area contributed by atoms with E-state index in [1.807, 2.05) is 30.3 Å². The Bertz CT molecular complexity index is 907. The Labute approximate surface area is 141 Å². The van der Waals surface area contributed by atoms with Crippen molar-refractivity contribution in [1.82, 2.24) is 5.32 Å². The number of amides is 1. The number of ether oxygens (including phenoxy) is 1. The van der Waals surface area contributed by atoms with Gasteiger partial charge in [-0.05, 0) is 41.3 Å². The molecule has 0 spiro atoms. The number of carbonyl (C=O) groups is 1. The van der Waals surface area contributed by atoms with Crippen molar-refractivity contribution in [2.75, 3.05) is 7.11 Å². The maximum Gasteiger partial charge on any atom is 0.255 e. The molecular weight excluding hydrogens is 298 g/mol. The molecule has 0 radical (unpaired) electrons. The van der Waals surface area contributed by atoms with Gasteiger partial charge in [-0.3, -0.25) is 4.79 Å². The number of rotatable bonds is 4. The monoisotopic (exact) mass is 317 g/mol. The Kier molecular flexibility index (Phi) is 3.49. The first-order valence-corrected chi connectivity index (χ1v) is 8.17. The van der Waals surface area contributed by atoms with Gasteiger partial charge < -0.3 is 10.1 Å². The summed E-state index contributed by atoms with van der Waals surface area (Å²) >= 11 is 0. The second-order valence-electron chi connectivity index (χ2n) is 6.26. The minimum Gasteiger partial charge on any atom is -0.496 e. The van der Waals surface area contributed by atoms with Gasteiger partial charge in [0.2, 0.25) is 0 Å². The summed E-state index contributed by atoms with van der Waals surface area (Å²) in [5, 5.41) is 5.66. The lowest BCUT2D eigenvalue weighted by Crippen LogP contribution is -2.35. The average Bonchev–Trinajstić information content (AvgIpc) is 3.41. The molecule has 0 heterocycles. The van der Waals surface area contributed by atoms with Crippen LogP contribution < -0.4 is 10.1 Å². The zero-order valence-corrected chi connectivity index (χ0v) is 13.6. The Balaban J connectivity index is 1.70. The highest BCUT2D eigenvalue weighted by Gasteiger charge is 2.46. The van der Waals surface area contributed by atoms with Crippen LogP contribution in [0, 0.1) is 0 Å². The zero-order valence-electron chi connectivity index (χ0n) is 13.6. The quantitative estimate of drug-likeness (QED) is 0.780.